The minimum Gasteiger partial charge on any atom is -0.391 e. The van der Waals surface area contributed by atoms with E-state index >= 15 is 0 Å². The van der Waals surface area contributed by atoms with Crippen molar-refractivity contribution in [3.8, 4) is 10.6 Å². The molecule has 1 unspecified atom stereocenters. The molecule has 5 nitrogen and oxygen atoms in total. The molecule has 0 spiro atoms. The highest BCUT2D eigenvalue weighted by molar-refractivity contribution is 7.15. The quantitative estimate of drug-likeness (QED) is 0.877. The van der Waals surface area contributed by atoms with Crippen molar-refractivity contribution in [2.75, 3.05) is 23.7 Å². The number of thiazole rings is 1. The molecule has 0 radical (unpaired) electrons. The van der Waals surface area contributed by atoms with Gasteiger partial charge in [-0.1, -0.05) is 0 Å². The summed E-state index contributed by atoms with van der Waals surface area (Å²) in [6.45, 7) is 3.47. The van der Waals surface area contributed by atoms with Gasteiger partial charge in [0.25, 0.3) is 0 Å². The first-order chi connectivity index (χ1) is 8.65. The van der Waals surface area contributed by atoms with Crippen LogP contribution in [0.25, 0.3) is 10.6 Å². The maximum atomic E-state index is 9.63. The number of hydrogen-bond donors (Lipinski definition) is 2. The predicted octanol–water partition coefficient (Wildman–Crippen LogP) is 1.73. The molecule has 96 valence electrons. The number of nitrogens with two attached hydrogens (primary N) is 1. The van der Waals surface area contributed by atoms with Crippen molar-refractivity contribution in [3.63, 3.8) is 0 Å². The van der Waals surface area contributed by atoms with Crippen LogP contribution >= 0.6 is 22.9 Å². The van der Waals surface area contributed by atoms with E-state index in [2.05, 4.69) is 14.3 Å². The van der Waals surface area contributed by atoms with Gasteiger partial charge in [-0.3, -0.25) is 0 Å². The molecule has 1 atom stereocenters. The number of rotatable bonds is 2. The average molecular weight is 282 g/mol. The SMILES string of the molecule is Cc1csc(-c2c(N)nsc2N2CCC(O)C2)n1. The average Bonchev–Trinajstić information content (AvgIpc) is 2.99. The van der Waals surface area contributed by atoms with Gasteiger partial charge < -0.3 is 15.7 Å². The zero-order valence-corrected chi connectivity index (χ0v) is 11.6. The number of aliphatic hydroxyl groups excluding tert-OH is 1. The summed E-state index contributed by atoms with van der Waals surface area (Å²) in [4.78, 5) is 6.62. The highest BCUT2D eigenvalue weighted by Gasteiger charge is 2.27. The molecule has 3 rings (SSSR count). The number of aliphatic hydroxyl groups is 1. The summed E-state index contributed by atoms with van der Waals surface area (Å²) in [6.07, 6.45) is 0.549. The lowest BCUT2D eigenvalue weighted by Crippen LogP contribution is -2.20. The summed E-state index contributed by atoms with van der Waals surface area (Å²) in [5, 5.41) is 13.6. The van der Waals surface area contributed by atoms with Crippen molar-refractivity contribution in [1.82, 2.24) is 9.36 Å². The maximum absolute atomic E-state index is 9.63. The maximum Gasteiger partial charge on any atom is 0.149 e. The van der Waals surface area contributed by atoms with Crippen molar-refractivity contribution in [2.24, 2.45) is 0 Å². The molecule has 0 bridgehead atoms. The molecule has 3 N–H and O–H groups in total. The zero-order valence-electron chi connectivity index (χ0n) is 9.96. The van der Waals surface area contributed by atoms with Crippen molar-refractivity contribution in [1.29, 1.82) is 0 Å². The molecule has 2 aromatic heterocycles. The molecule has 0 aromatic carbocycles. The molecule has 7 heteroatoms. The number of β-amino-alcohol motifs (C(OH)–C–C–N with tert-alkyl or cyclic N) is 1. The van der Waals surface area contributed by atoms with Crippen LogP contribution in [0.15, 0.2) is 5.38 Å². The minimum atomic E-state index is -0.251. The summed E-state index contributed by atoms with van der Waals surface area (Å²) < 4.78 is 4.23. The van der Waals surface area contributed by atoms with Gasteiger partial charge in [0.05, 0.1) is 11.7 Å². The first kappa shape index (κ1) is 11.9. The van der Waals surface area contributed by atoms with Crippen molar-refractivity contribution in [3.05, 3.63) is 11.1 Å². The molecule has 1 fully saturated rings. The van der Waals surface area contributed by atoms with Gasteiger partial charge in [-0.15, -0.1) is 11.3 Å². The summed E-state index contributed by atoms with van der Waals surface area (Å²) >= 11 is 2.97. The number of nitrogens with zero attached hydrogens (tertiary/aromatic N) is 3. The monoisotopic (exact) mass is 282 g/mol. The molecule has 1 aliphatic rings. The van der Waals surface area contributed by atoms with E-state index in [0.717, 1.165) is 34.2 Å². The van der Waals surface area contributed by atoms with Crippen LogP contribution in [0.4, 0.5) is 10.8 Å². The molecule has 1 saturated heterocycles. The topological polar surface area (TPSA) is 75.3 Å². The van der Waals surface area contributed by atoms with Crippen LogP contribution < -0.4 is 10.6 Å². The van der Waals surface area contributed by atoms with E-state index in [4.69, 9.17) is 5.73 Å². The number of nitrogen functional groups attached to an aromatic ring is 1. The van der Waals surface area contributed by atoms with Crippen molar-refractivity contribution < 1.29 is 5.11 Å². The molecular formula is C11H14N4OS2. The standard InChI is InChI=1S/C11H14N4OS2/c1-6-5-17-10(13-6)8-9(12)14-18-11(8)15-3-2-7(16)4-15/h5,7,16H,2-4H2,1H3,(H2,12,14). The Balaban J connectivity index is 2.01. The Kier molecular flexibility index (Phi) is 2.96. The Morgan fingerprint density at radius 2 is 2.39 bits per heavy atom. The highest BCUT2D eigenvalue weighted by Crippen LogP contribution is 2.41. The number of aryl methyl sites for hydroxylation is 1. The van der Waals surface area contributed by atoms with Crippen LogP contribution in [-0.2, 0) is 0 Å². The molecule has 18 heavy (non-hydrogen) atoms. The Morgan fingerprint density at radius 3 is 3.00 bits per heavy atom. The number of anilines is 2. The minimum absolute atomic E-state index is 0.251. The lowest BCUT2D eigenvalue weighted by atomic mass is 10.3. The van der Waals surface area contributed by atoms with Gasteiger partial charge in [-0.25, -0.2) is 4.98 Å². The highest BCUT2D eigenvalue weighted by atomic mass is 32.1. The molecule has 2 aromatic rings. The third-order valence-electron chi connectivity index (χ3n) is 2.98. The van der Waals surface area contributed by atoms with Crippen LogP contribution in [0.5, 0.6) is 0 Å². The van der Waals surface area contributed by atoms with Crippen LogP contribution in [0.3, 0.4) is 0 Å². The van der Waals surface area contributed by atoms with E-state index in [1.54, 1.807) is 11.3 Å². The van der Waals surface area contributed by atoms with Gasteiger partial charge in [0, 0.05) is 24.2 Å². The Bertz CT molecular complexity index is 565. The Morgan fingerprint density at radius 1 is 1.56 bits per heavy atom. The summed E-state index contributed by atoms with van der Waals surface area (Å²) in [6, 6.07) is 0. The Labute approximate surface area is 113 Å². The fraction of sp³-hybridized carbons (Fsp3) is 0.455. The van der Waals surface area contributed by atoms with E-state index in [-0.39, 0.29) is 6.10 Å². The van der Waals surface area contributed by atoms with Crippen LogP contribution in [0.2, 0.25) is 0 Å². The largest absolute Gasteiger partial charge is 0.391 e. The molecule has 3 heterocycles. The van der Waals surface area contributed by atoms with Gasteiger partial charge in [-0.05, 0) is 24.9 Å². The van der Waals surface area contributed by atoms with E-state index in [9.17, 15) is 5.11 Å². The van der Waals surface area contributed by atoms with Gasteiger partial charge in [-0.2, -0.15) is 4.37 Å². The molecular weight excluding hydrogens is 268 g/mol. The fourth-order valence-corrected chi connectivity index (χ4v) is 3.87. The van der Waals surface area contributed by atoms with Crippen LogP contribution in [0, 0.1) is 6.92 Å². The first-order valence-corrected chi connectivity index (χ1v) is 7.41. The molecule has 1 aliphatic heterocycles. The second-order valence-corrected chi connectivity index (χ2v) is 6.04. The molecule has 0 saturated carbocycles. The van der Waals surface area contributed by atoms with Gasteiger partial charge >= 0.3 is 0 Å². The van der Waals surface area contributed by atoms with Crippen LogP contribution in [0.1, 0.15) is 12.1 Å². The molecule has 0 aliphatic carbocycles. The summed E-state index contributed by atoms with van der Waals surface area (Å²) in [7, 11) is 0. The second-order valence-electron chi connectivity index (χ2n) is 4.43. The number of aromatic nitrogens is 2. The summed E-state index contributed by atoms with van der Waals surface area (Å²) in [5.74, 6) is 0.533. The van der Waals surface area contributed by atoms with Gasteiger partial charge in [0.15, 0.2) is 0 Å². The van der Waals surface area contributed by atoms with Crippen LogP contribution in [-0.4, -0.2) is 33.7 Å². The third-order valence-corrected chi connectivity index (χ3v) is 4.88. The normalized spacial score (nSPS) is 19.7. The first-order valence-electron chi connectivity index (χ1n) is 5.76. The third kappa shape index (κ3) is 1.98. The lowest BCUT2D eigenvalue weighted by molar-refractivity contribution is 0.198. The van der Waals surface area contributed by atoms with E-state index in [1.165, 1.54) is 11.5 Å². The lowest BCUT2D eigenvalue weighted by Gasteiger charge is -2.16. The van der Waals surface area contributed by atoms with Crippen molar-refractivity contribution >= 4 is 33.7 Å². The summed E-state index contributed by atoms with van der Waals surface area (Å²) in [5.41, 5.74) is 7.88. The Hall–Kier alpha value is -1.18. The second kappa shape index (κ2) is 4.49. The predicted molar refractivity (Wildman–Crippen MR) is 75.2 cm³/mol. The van der Waals surface area contributed by atoms with E-state index < -0.39 is 0 Å². The zero-order chi connectivity index (χ0) is 12.7. The smallest absolute Gasteiger partial charge is 0.149 e. The number of hydrogen-bond acceptors (Lipinski definition) is 7. The van der Waals surface area contributed by atoms with Gasteiger partial charge in [0.2, 0.25) is 0 Å². The van der Waals surface area contributed by atoms with E-state index in [0.29, 0.717) is 12.4 Å². The van der Waals surface area contributed by atoms with Gasteiger partial charge in [0.1, 0.15) is 15.8 Å². The van der Waals surface area contributed by atoms with E-state index in [1.807, 2.05) is 12.3 Å². The fourth-order valence-electron chi connectivity index (χ4n) is 2.11. The molecule has 0 amide bonds. The van der Waals surface area contributed by atoms with Crippen molar-refractivity contribution in [2.45, 2.75) is 19.4 Å².